The van der Waals surface area contributed by atoms with E-state index >= 15 is 0 Å². The quantitative estimate of drug-likeness (QED) is 0.575. The molecule has 0 radical (unpaired) electrons. The molecule has 6 heteroatoms. The molecule has 0 saturated carbocycles. The molecule has 0 fully saturated rings. The fourth-order valence-electron chi connectivity index (χ4n) is 2.84. The van der Waals surface area contributed by atoms with Gasteiger partial charge in [0.25, 0.3) is 7.52 Å². The highest BCUT2D eigenvalue weighted by atomic mass is 31.2. The summed E-state index contributed by atoms with van der Waals surface area (Å²) in [5, 5.41) is 13.6. The average molecular weight is 355 g/mol. The number of hydrogen-bond acceptors (Lipinski definition) is 2. The van der Waals surface area contributed by atoms with Crippen LogP contribution in [0.3, 0.4) is 0 Å². The Bertz CT molecular complexity index is 965. The van der Waals surface area contributed by atoms with Gasteiger partial charge in [0, 0.05) is 5.69 Å². The zero-order chi connectivity index (χ0) is 17.9. The van der Waals surface area contributed by atoms with Crippen molar-refractivity contribution in [3.63, 3.8) is 0 Å². The van der Waals surface area contributed by atoms with E-state index in [1.165, 1.54) is 0 Å². The van der Waals surface area contributed by atoms with Gasteiger partial charge in [-0.15, -0.1) is 0 Å². The molecule has 0 aromatic heterocycles. The number of aliphatic carboxylic acids is 1. The first-order chi connectivity index (χ1) is 11.9. The summed E-state index contributed by atoms with van der Waals surface area (Å²) in [5.74, 6) is -0.990. The summed E-state index contributed by atoms with van der Waals surface area (Å²) in [5.41, 5.74) is 1.62. The molecule has 0 saturated heterocycles. The summed E-state index contributed by atoms with van der Waals surface area (Å²) >= 11 is 0. The van der Waals surface area contributed by atoms with Crippen LogP contribution in [0.15, 0.2) is 66.7 Å². The smallest absolute Gasteiger partial charge is 0.307 e. The number of fused-ring (bicyclic) bond motifs is 1. The number of carboxylic acids is 1. The summed E-state index contributed by atoms with van der Waals surface area (Å²) < 4.78 is 12.7. The van der Waals surface area contributed by atoms with Crippen molar-refractivity contribution < 1.29 is 19.4 Å². The lowest BCUT2D eigenvalue weighted by atomic mass is 10.1. The van der Waals surface area contributed by atoms with Gasteiger partial charge in [0.05, 0.1) is 12.6 Å². The van der Waals surface area contributed by atoms with Crippen LogP contribution in [0.2, 0.25) is 0 Å². The second-order valence-electron chi connectivity index (χ2n) is 5.84. The van der Waals surface area contributed by atoms with Crippen LogP contribution in [0, 0.1) is 0 Å². The molecule has 5 nitrogen and oxygen atoms in total. The molecule has 3 N–H and O–H groups in total. The van der Waals surface area contributed by atoms with Gasteiger partial charge in [-0.2, -0.15) is 0 Å². The zero-order valence-corrected chi connectivity index (χ0v) is 14.3. The largest absolute Gasteiger partial charge is 0.481 e. The van der Waals surface area contributed by atoms with E-state index in [2.05, 4.69) is 5.09 Å². The van der Waals surface area contributed by atoms with E-state index in [1.54, 1.807) is 24.3 Å². The van der Waals surface area contributed by atoms with Crippen LogP contribution in [0.1, 0.15) is 11.1 Å². The van der Waals surface area contributed by atoms with Crippen LogP contribution in [-0.2, 0) is 21.9 Å². The molecule has 1 unspecified atom stereocenters. The first-order valence-corrected chi connectivity index (χ1v) is 9.65. The summed E-state index contributed by atoms with van der Waals surface area (Å²) in [6, 6.07) is 20.0. The number of benzene rings is 3. The highest BCUT2D eigenvalue weighted by Gasteiger charge is 2.21. The van der Waals surface area contributed by atoms with E-state index in [1.807, 2.05) is 42.5 Å². The Kier molecular flexibility index (Phi) is 4.88. The van der Waals surface area contributed by atoms with Crippen LogP contribution in [-0.4, -0.2) is 16.0 Å². The molecule has 3 rings (SSSR count). The lowest BCUT2D eigenvalue weighted by molar-refractivity contribution is -0.136. The van der Waals surface area contributed by atoms with Crippen molar-refractivity contribution in [3.8, 4) is 0 Å². The predicted octanol–water partition coefficient (Wildman–Crippen LogP) is 4.26. The molecule has 25 heavy (non-hydrogen) atoms. The van der Waals surface area contributed by atoms with E-state index in [0.717, 1.165) is 16.3 Å². The molecule has 1 atom stereocenters. The van der Waals surface area contributed by atoms with E-state index in [-0.39, 0.29) is 12.6 Å². The van der Waals surface area contributed by atoms with Gasteiger partial charge in [0.2, 0.25) is 0 Å². The predicted molar refractivity (Wildman–Crippen MR) is 98.9 cm³/mol. The van der Waals surface area contributed by atoms with Gasteiger partial charge < -0.3 is 15.1 Å². The van der Waals surface area contributed by atoms with Gasteiger partial charge in [-0.05, 0) is 28.0 Å². The average Bonchev–Trinajstić information content (AvgIpc) is 2.56. The summed E-state index contributed by atoms with van der Waals surface area (Å²) in [6.07, 6.45) is -0.257. The van der Waals surface area contributed by atoms with Gasteiger partial charge in [-0.25, -0.2) is 0 Å². The lowest BCUT2D eigenvalue weighted by Crippen LogP contribution is -2.06. The molecule has 0 amide bonds. The number of rotatable bonds is 6. The van der Waals surface area contributed by atoms with Crippen LogP contribution in [0.25, 0.3) is 10.8 Å². The monoisotopic (exact) mass is 355 g/mol. The minimum Gasteiger partial charge on any atom is -0.481 e. The number of carbonyl (C=O) groups is 1. The van der Waals surface area contributed by atoms with Crippen molar-refractivity contribution >= 4 is 29.9 Å². The maximum Gasteiger partial charge on any atom is 0.307 e. The maximum absolute atomic E-state index is 12.7. The molecule has 0 bridgehead atoms. The molecule has 0 heterocycles. The maximum atomic E-state index is 12.7. The number of anilines is 1. The molecule has 3 aromatic carbocycles. The third kappa shape index (κ3) is 4.27. The van der Waals surface area contributed by atoms with Crippen LogP contribution in [0.5, 0.6) is 0 Å². The molecule has 3 aromatic rings. The van der Waals surface area contributed by atoms with Crippen LogP contribution in [0.4, 0.5) is 5.69 Å². The number of hydrogen-bond donors (Lipinski definition) is 3. The molecule has 0 aliphatic carbocycles. The lowest BCUT2D eigenvalue weighted by Gasteiger charge is -2.18. The third-order valence-electron chi connectivity index (χ3n) is 3.92. The zero-order valence-electron chi connectivity index (χ0n) is 13.4. The van der Waals surface area contributed by atoms with Crippen LogP contribution >= 0.6 is 7.52 Å². The second-order valence-corrected chi connectivity index (χ2v) is 7.78. The Morgan fingerprint density at radius 2 is 1.56 bits per heavy atom. The third-order valence-corrected chi connectivity index (χ3v) is 5.28. The molecular formula is C19H18NO4P. The van der Waals surface area contributed by atoms with Gasteiger partial charge in [-0.1, -0.05) is 60.7 Å². The number of nitrogens with one attached hydrogen (secondary N) is 1. The van der Waals surface area contributed by atoms with Crippen LogP contribution < -0.4 is 5.09 Å². The fraction of sp³-hybridized carbons (Fsp3) is 0.105. The molecule has 0 aliphatic rings. The van der Waals surface area contributed by atoms with E-state index in [0.29, 0.717) is 11.3 Å². The van der Waals surface area contributed by atoms with E-state index < -0.39 is 13.5 Å². The first kappa shape index (κ1) is 17.2. The van der Waals surface area contributed by atoms with Crippen molar-refractivity contribution in [2.45, 2.75) is 12.6 Å². The van der Waals surface area contributed by atoms with E-state index in [9.17, 15) is 14.3 Å². The van der Waals surface area contributed by atoms with E-state index in [4.69, 9.17) is 5.11 Å². The Morgan fingerprint density at radius 1 is 0.920 bits per heavy atom. The fourth-order valence-corrected chi connectivity index (χ4v) is 4.25. The summed E-state index contributed by atoms with van der Waals surface area (Å²) in [6.45, 7) is 0. The Hall–Kier alpha value is -2.62. The van der Waals surface area contributed by atoms with Gasteiger partial charge in [0.15, 0.2) is 0 Å². The van der Waals surface area contributed by atoms with Crippen molar-refractivity contribution in [1.82, 2.24) is 0 Å². The molecular weight excluding hydrogens is 337 g/mol. The van der Waals surface area contributed by atoms with Crippen molar-refractivity contribution in [2.24, 2.45) is 0 Å². The Morgan fingerprint density at radius 3 is 2.36 bits per heavy atom. The molecule has 0 aliphatic heterocycles. The van der Waals surface area contributed by atoms with Gasteiger partial charge in [-0.3, -0.25) is 9.36 Å². The van der Waals surface area contributed by atoms with Crippen molar-refractivity contribution in [2.75, 3.05) is 5.09 Å². The standard InChI is InChI=1S/C19H18NO4P/c21-19(22)12-15-7-2-4-11-18(15)20-25(23,24)13-16-9-5-8-14-6-1-3-10-17(14)16/h1-11H,12-13H2,(H,21,22)(H2,20,23,24). The summed E-state index contributed by atoms with van der Waals surface area (Å²) in [4.78, 5) is 21.4. The minimum atomic E-state index is -3.75. The topological polar surface area (TPSA) is 86.6 Å². The highest BCUT2D eigenvalue weighted by Crippen LogP contribution is 2.46. The number of carboxylic acid groups (broad SMARTS) is 1. The Labute approximate surface area is 145 Å². The van der Waals surface area contributed by atoms with Gasteiger partial charge in [0.1, 0.15) is 0 Å². The van der Waals surface area contributed by atoms with Crippen molar-refractivity contribution in [3.05, 3.63) is 77.9 Å². The first-order valence-electron chi connectivity index (χ1n) is 7.81. The summed E-state index contributed by atoms with van der Waals surface area (Å²) in [7, 11) is -3.75. The number of para-hydroxylation sites is 1. The SMILES string of the molecule is O=C(O)Cc1ccccc1NP(=O)(O)Cc1cccc2ccccc12. The van der Waals surface area contributed by atoms with Crippen molar-refractivity contribution in [1.29, 1.82) is 0 Å². The highest BCUT2D eigenvalue weighted by molar-refractivity contribution is 7.58. The second kappa shape index (κ2) is 7.09. The minimum absolute atomic E-state index is 0.0459. The van der Waals surface area contributed by atoms with Gasteiger partial charge >= 0.3 is 5.97 Å². The molecule has 0 spiro atoms. The Balaban J connectivity index is 1.88. The molecule has 128 valence electrons. The normalized spacial score (nSPS) is 13.3.